The highest BCUT2D eigenvalue weighted by atomic mass is 16.1. The molecule has 0 bridgehead atoms. The largest absolute Gasteiger partial charge is 0.368 e. The third kappa shape index (κ3) is 1.94. The molecule has 15 heavy (non-hydrogen) atoms. The number of carbonyl (C=O) groups excluding carboxylic acids is 1. The van der Waals surface area contributed by atoms with E-state index in [4.69, 9.17) is 0 Å². The highest BCUT2D eigenvalue weighted by molar-refractivity contribution is 5.77. The molecule has 1 aliphatic rings. The summed E-state index contributed by atoms with van der Waals surface area (Å²) in [5, 5.41) is 0. The van der Waals surface area contributed by atoms with Crippen molar-refractivity contribution < 1.29 is 4.79 Å². The lowest BCUT2D eigenvalue weighted by molar-refractivity contribution is 0.112. The monoisotopic (exact) mass is 201 g/mol. The van der Waals surface area contributed by atoms with Crippen molar-refractivity contribution in [3.63, 3.8) is 0 Å². The summed E-state index contributed by atoms with van der Waals surface area (Å²) in [5.41, 5.74) is 3.31. The standard InChI is InChI=1S/C13H15NO/c1-2-7-14-8-3-4-12-9-11(10-15)5-6-13(12)14/h2,5-6,9-10H,1,3-4,7-8H2. The Kier molecular flexibility index (Phi) is 2.86. The lowest BCUT2D eigenvalue weighted by Crippen LogP contribution is -2.29. The SMILES string of the molecule is C=CCN1CCCc2cc(C=O)ccc21. The summed E-state index contributed by atoms with van der Waals surface area (Å²) in [6, 6.07) is 5.92. The predicted molar refractivity (Wildman–Crippen MR) is 62.6 cm³/mol. The van der Waals surface area contributed by atoms with Gasteiger partial charge in [-0.15, -0.1) is 6.58 Å². The van der Waals surface area contributed by atoms with Crippen LogP contribution in [0.15, 0.2) is 30.9 Å². The molecule has 0 saturated heterocycles. The Morgan fingerprint density at radius 2 is 2.33 bits per heavy atom. The second-order valence-electron chi connectivity index (χ2n) is 3.84. The number of fused-ring (bicyclic) bond motifs is 1. The minimum absolute atomic E-state index is 0.772. The number of hydrogen-bond acceptors (Lipinski definition) is 2. The van der Waals surface area contributed by atoms with Crippen LogP contribution in [-0.2, 0) is 6.42 Å². The molecule has 0 radical (unpaired) electrons. The van der Waals surface area contributed by atoms with Crippen molar-refractivity contribution in [2.75, 3.05) is 18.0 Å². The van der Waals surface area contributed by atoms with Crippen LogP contribution < -0.4 is 4.90 Å². The van der Waals surface area contributed by atoms with Crippen LogP contribution in [-0.4, -0.2) is 19.4 Å². The van der Waals surface area contributed by atoms with E-state index in [-0.39, 0.29) is 0 Å². The fourth-order valence-electron chi connectivity index (χ4n) is 2.11. The maximum Gasteiger partial charge on any atom is 0.150 e. The summed E-state index contributed by atoms with van der Waals surface area (Å²) in [6.45, 7) is 5.73. The lowest BCUT2D eigenvalue weighted by Gasteiger charge is -2.30. The minimum atomic E-state index is 0.772. The molecule has 0 aliphatic carbocycles. The van der Waals surface area contributed by atoms with Gasteiger partial charge in [-0.3, -0.25) is 4.79 Å². The van der Waals surface area contributed by atoms with Crippen molar-refractivity contribution in [2.24, 2.45) is 0 Å². The van der Waals surface area contributed by atoms with Crippen LogP contribution in [0.4, 0.5) is 5.69 Å². The first-order valence-corrected chi connectivity index (χ1v) is 5.29. The fraction of sp³-hybridized carbons (Fsp3) is 0.308. The summed E-state index contributed by atoms with van der Waals surface area (Å²) >= 11 is 0. The summed E-state index contributed by atoms with van der Waals surface area (Å²) in [7, 11) is 0. The number of aryl methyl sites for hydroxylation is 1. The molecule has 0 atom stereocenters. The first kappa shape index (κ1) is 9.97. The van der Waals surface area contributed by atoms with Gasteiger partial charge in [-0.05, 0) is 36.6 Å². The van der Waals surface area contributed by atoms with Crippen molar-refractivity contribution in [3.05, 3.63) is 42.0 Å². The second-order valence-corrected chi connectivity index (χ2v) is 3.84. The zero-order valence-electron chi connectivity index (χ0n) is 8.78. The second kappa shape index (κ2) is 4.30. The molecule has 0 fully saturated rings. The van der Waals surface area contributed by atoms with Gasteiger partial charge in [0.25, 0.3) is 0 Å². The molecule has 1 aromatic rings. The molecule has 0 unspecified atom stereocenters. The maximum atomic E-state index is 10.7. The minimum Gasteiger partial charge on any atom is -0.368 e. The van der Waals surface area contributed by atoms with E-state index >= 15 is 0 Å². The Labute approximate surface area is 90.2 Å². The maximum absolute atomic E-state index is 10.7. The first-order valence-electron chi connectivity index (χ1n) is 5.29. The number of rotatable bonds is 3. The zero-order valence-corrected chi connectivity index (χ0v) is 8.78. The van der Waals surface area contributed by atoms with Gasteiger partial charge in [-0.25, -0.2) is 0 Å². The van der Waals surface area contributed by atoms with Gasteiger partial charge in [0.1, 0.15) is 6.29 Å². The summed E-state index contributed by atoms with van der Waals surface area (Å²) in [4.78, 5) is 13.0. The van der Waals surface area contributed by atoms with E-state index in [2.05, 4.69) is 11.5 Å². The van der Waals surface area contributed by atoms with E-state index in [1.165, 1.54) is 11.3 Å². The van der Waals surface area contributed by atoms with E-state index in [9.17, 15) is 4.79 Å². The summed E-state index contributed by atoms with van der Waals surface area (Å²) < 4.78 is 0. The predicted octanol–water partition coefficient (Wildman–Crippen LogP) is 2.44. The van der Waals surface area contributed by atoms with Gasteiger partial charge in [0, 0.05) is 24.3 Å². The lowest BCUT2D eigenvalue weighted by atomic mass is 9.99. The van der Waals surface area contributed by atoms with Crippen LogP contribution >= 0.6 is 0 Å². The van der Waals surface area contributed by atoms with Gasteiger partial charge >= 0.3 is 0 Å². The first-order chi connectivity index (χ1) is 7.35. The van der Waals surface area contributed by atoms with Crippen LogP contribution in [0, 0.1) is 0 Å². The van der Waals surface area contributed by atoms with E-state index in [0.29, 0.717) is 0 Å². The molecular weight excluding hydrogens is 186 g/mol. The summed E-state index contributed by atoms with van der Waals surface area (Å²) in [5.74, 6) is 0. The quantitative estimate of drug-likeness (QED) is 0.553. The molecule has 78 valence electrons. The zero-order chi connectivity index (χ0) is 10.7. The normalized spacial score (nSPS) is 14.5. The van der Waals surface area contributed by atoms with Gasteiger partial charge in [0.15, 0.2) is 0 Å². The summed E-state index contributed by atoms with van der Waals surface area (Å²) in [6.07, 6.45) is 5.06. The van der Waals surface area contributed by atoms with E-state index < -0.39 is 0 Å². The van der Waals surface area contributed by atoms with Gasteiger partial charge in [0.05, 0.1) is 0 Å². The average molecular weight is 201 g/mol. The topological polar surface area (TPSA) is 20.3 Å². The van der Waals surface area contributed by atoms with Crippen molar-refractivity contribution in [1.29, 1.82) is 0 Å². The van der Waals surface area contributed by atoms with E-state index in [1.807, 2.05) is 24.3 Å². The third-order valence-corrected chi connectivity index (χ3v) is 2.80. The van der Waals surface area contributed by atoms with Crippen LogP contribution in [0.5, 0.6) is 0 Å². The van der Waals surface area contributed by atoms with Crippen LogP contribution in [0.1, 0.15) is 22.3 Å². The van der Waals surface area contributed by atoms with Gasteiger partial charge in [-0.2, -0.15) is 0 Å². The smallest absolute Gasteiger partial charge is 0.150 e. The molecule has 1 heterocycles. The van der Waals surface area contributed by atoms with Gasteiger partial charge in [-0.1, -0.05) is 6.08 Å². The third-order valence-electron chi connectivity index (χ3n) is 2.80. The molecule has 2 heteroatoms. The number of carbonyl (C=O) groups is 1. The number of anilines is 1. The van der Waals surface area contributed by atoms with Crippen molar-refractivity contribution in [3.8, 4) is 0 Å². The molecule has 0 saturated carbocycles. The number of benzene rings is 1. The molecule has 1 aliphatic heterocycles. The van der Waals surface area contributed by atoms with Crippen LogP contribution in [0.2, 0.25) is 0 Å². The van der Waals surface area contributed by atoms with Crippen LogP contribution in [0.3, 0.4) is 0 Å². The van der Waals surface area contributed by atoms with Crippen molar-refractivity contribution in [2.45, 2.75) is 12.8 Å². The Balaban J connectivity index is 2.35. The fourth-order valence-corrected chi connectivity index (χ4v) is 2.11. The number of aldehydes is 1. The molecular formula is C13H15NO. The molecule has 0 amide bonds. The van der Waals surface area contributed by atoms with Gasteiger partial charge in [0.2, 0.25) is 0 Å². The molecule has 0 aromatic heterocycles. The highest BCUT2D eigenvalue weighted by Gasteiger charge is 2.15. The Bertz CT molecular complexity index is 384. The molecule has 2 nitrogen and oxygen atoms in total. The molecule has 0 spiro atoms. The van der Waals surface area contributed by atoms with Crippen molar-refractivity contribution >= 4 is 12.0 Å². The molecule has 2 rings (SSSR count). The molecule has 0 N–H and O–H groups in total. The molecule has 1 aromatic carbocycles. The Hall–Kier alpha value is -1.57. The van der Waals surface area contributed by atoms with Crippen LogP contribution in [0.25, 0.3) is 0 Å². The number of hydrogen-bond donors (Lipinski definition) is 0. The van der Waals surface area contributed by atoms with Gasteiger partial charge < -0.3 is 4.90 Å². The van der Waals surface area contributed by atoms with E-state index in [1.54, 1.807) is 0 Å². The highest BCUT2D eigenvalue weighted by Crippen LogP contribution is 2.27. The Morgan fingerprint density at radius 1 is 1.47 bits per heavy atom. The number of nitrogens with zero attached hydrogens (tertiary/aromatic N) is 1. The Morgan fingerprint density at radius 3 is 3.07 bits per heavy atom. The van der Waals surface area contributed by atoms with Crippen molar-refractivity contribution in [1.82, 2.24) is 0 Å². The average Bonchev–Trinajstić information content (AvgIpc) is 2.29. The van der Waals surface area contributed by atoms with E-state index in [0.717, 1.165) is 37.8 Å².